The molecule has 0 bridgehead atoms. The van der Waals surface area contributed by atoms with E-state index in [9.17, 15) is 4.79 Å². The predicted molar refractivity (Wildman–Crippen MR) is 72.7 cm³/mol. The second-order valence-corrected chi connectivity index (χ2v) is 4.27. The van der Waals surface area contributed by atoms with Gasteiger partial charge in [-0.15, -0.1) is 0 Å². The summed E-state index contributed by atoms with van der Waals surface area (Å²) in [5.41, 5.74) is 2.28. The fourth-order valence-corrected chi connectivity index (χ4v) is 1.78. The third-order valence-corrected chi connectivity index (χ3v) is 2.68. The van der Waals surface area contributed by atoms with Crippen molar-refractivity contribution in [1.82, 2.24) is 9.97 Å². The van der Waals surface area contributed by atoms with Gasteiger partial charge in [-0.05, 0) is 12.5 Å². The average Bonchev–Trinajstić information content (AvgIpc) is 2.36. The van der Waals surface area contributed by atoms with Crippen LogP contribution in [0, 0.1) is 6.92 Å². The smallest absolute Gasteiger partial charge is 0.252 e. The molecule has 0 saturated carbocycles. The van der Waals surface area contributed by atoms with Gasteiger partial charge in [0.1, 0.15) is 11.6 Å². The number of nitrogens with zero attached hydrogens (tertiary/aromatic N) is 1. The van der Waals surface area contributed by atoms with Gasteiger partial charge in [0.15, 0.2) is 0 Å². The molecule has 4 heteroatoms. The van der Waals surface area contributed by atoms with Crippen molar-refractivity contribution >= 4 is 5.82 Å². The largest absolute Gasteiger partial charge is 0.366 e. The first-order chi connectivity index (χ1) is 8.67. The van der Waals surface area contributed by atoms with Gasteiger partial charge in [0.25, 0.3) is 5.56 Å². The van der Waals surface area contributed by atoms with Gasteiger partial charge in [-0.25, -0.2) is 4.98 Å². The first-order valence-corrected chi connectivity index (χ1v) is 6.07. The first kappa shape index (κ1) is 12.4. The van der Waals surface area contributed by atoms with E-state index in [0.29, 0.717) is 18.2 Å². The van der Waals surface area contributed by atoms with Crippen molar-refractivity contribution in [2.45, 2.75) is 26.8 Å². The summed E-state index contributed by atoms with van der Waals surface area (Å²) in [6.07, 6.45) is 0.717. The normalized spacial score (nSPS) is 10.3. The molecule has 2 N–H and O–H groups in total. The first-order valence-electron chi connectivity index (χ1n) is 6.07. The maximum absolute atomic E-state index is 11.4. The van der Waals surface area contributed by atoms with E-state index in [1.165, 1.54) is 17.2 Å². The Morgan fingerprint density at radius 1 is 1.33 bits per heavy atom. The molecule has 0 aliphatic rings. The molecule has 18 heavy (non-hydrogen) atoms. The third kappa shape index (κ3) is 3.20. The van der Waals surface area contributed by atoms with E-state index in [4.69, 9.17) is 0 Å². The van der Waals surface area contributed by atoms with Crippen molar-refractivity contribution in [3.05, 3.63) is 57.6 Å². The number of rotatable bonds is 4. The molecule has 0 spiro atoms. The lowest BCUT2D eigenvalue weighted by atomic mass is 10.1. The molecule has 0 saturated heterocycles. The molecule has 0 unspecified atom stereocenters. The Morgan fingerprint density at radius 2 is 2.17 bits per heavy atom. The minimum absolute atomic E-state index is 0.117. The van der Waals surface area contributed by atoms with Crippen molar-refractivity contribution in [2.75, 3.05) is 5.32 Å². The number of aromatic amines is 1. The van der Waals surface area contributed by atoms with Crippen LogP contribution in [0.1, 0.15) is 23.9 Å². The molecule has 2 rings (SSSR count). The van der Waals surface area contributed by atoms with Crippen LogP contribution in [0.25, 0.3) is 0 Å². The highest BCUT2D eigenvalue weighted by atomic mass is 16.1. The fraction of sp³-hybridized carbons (Fsp3) is 0.286. The quantitative estimate of drug-likeness (QED) is 0.866. The van der Waals surface area contributed by atoms with Gasteiger partial charge < -0.3 is 10.3 Å². The molecule has 1 heterocycles. The van der Waals surface area contributed by atoms with Crippen molar-refractivity contribution in [2.24, 2.45) is 0 Å². The van der Waals surface area contributed by atoms with Gasteiger partial charge in [-0.1, -0.05) is 36.8 Å². The molecular weight excluding hydrogens is 226 g/mol. The molecule has 0 amide bonds. The summed E-state index contributed by atoms with van der Waals surface area (Å²) in [7, 11) is 0. The van der Waals surface area contributed by atoms with Crippen LogP contribution in [0.4, 0.5) is 5.82 Å². The van der Waals surface area contributed by atoms with E-state index in [1.54, 1.807) is 0 Å². The second-order valence-electron chi connectivity index (χ2n) is 4.27. The summed E-state index contributed by atoms with van der Waals surface area (Å²) in [4.78, 5) is 18.4. The SMILES string of the molecule is CCc1nc(NCc2cccc(C)c2)cc(=O)[nH]1. The van der Waals surface area contributed by atoms with Crippen molar-refractivity contribution in [3.8, 4) is 0 Å². The molecule has 0 aliphatic heterocycles. The molecule has 94 valence electrons. The van der Waals surface area contributed by atoms with Gasteiger partial charge in [-0.2, -0.15) is 0 Å². The van der Waals surface area contributed by atoms with Crippen LogP contribution < -0.4 is 10.9 Å². The second kappa shape index (κ2) is 5.49. The molecule has 2 aromatic rings. The van der Waals surface area contributed by atoms with Crippen LogP contribution in [-0.2, 0) is 13.0 Å². The van der Waals surface area contributed by atoms with Gasteiger partial charge in [0.05, 0.1) is 0 Å². The van der Waals surface area contributed by atoms with E-state index >= 15 is 0 Å². The Balaban J connectivity index is 2.10. The van der Waals surface area contributed by atoms with Gasteiger partial charge in [-0.3, -0.25) is 4.79 Å². The summed E-state index contributed by atoms with van der Waals surface area (Å²) in [5.74, 6) is 1.33. The monoisotopic (exact) mass is 243 g/mol. The molecule has 0 radical (unpaired) electrons. The Labute approximate surface area is 106 Å². The van der Waals surface area contributed by atoms with E-state index in [-0.39, 0.29) is 5.56 Å². The lowest BCUT2D eigenvalue weighted by molar-refractivity contribution is 0.914. The number of aryl methyl sites for hydroxylation is 2. The molecule has 4 nitrogen and oxygen atoms in total. The van der Waals surface area contributed by atoms with E-state index in [2.05, 4.69) is 34.3 Å². The van der Waals surface area contributed by atoms with Gasteiger partial charge >= 0.3 is 0 Å². The Hall–Kier alpha value is -2.10. The molecule has 0 aliphatic carbocycles. The highest BCUT2D eigenvalue weighted by Gasteiger charge is 2.00. The zero-order valence-electron chi connectivity index (χ0n) is 10.7. The average molecular weight is 243 g/mol. The maximum Gasteiger partial charge on any atom is 0.252 e. The zero-order chi connectivity index (χ0) is 13.0. The van der Waals surface area contributed by atoms with E-state index in [0.717, 1.165) is 6.42 Å². The highest BCUT2D eigenvalue weighted by molar-refractivity contribution is 5.35. The fourth-order valence-electron chi connectivity index (χ4n) is 1.78. The van der Waals surface area contributed by atoms with E-state index in [1.807, 2.05) is 19.1 Å². The van der Waals surface area contributed by atoms with Crippen LogP contribution in [0.5, 0.6) is 0 Å². The lowest BCUT2D eigenvalue weighted by Crippen LogP contribution is -2.13. The minimum Gasteiger partial charge on any atom is -0.366 e. The summed E-state index contributed by atoms with van der Waals surface area (Å²) in [6.45, 7) is 4.69. The highest BCUT2D eigenvalue weighted by Crippen LogP contribution is 2.07. The number of anilines is 1. The van der Waals surface area contributed by atoms with Crippen LogP contribution in [0.3, 0.4) is 0 Å². The summed E-state index contributed by atoms with van der Waals surface area (Å²) < 4.78 is 0. The molecular formula is C14H17N3O. The zero-order valence-corrected chi connectivity index (χ0v) is 10.7. The van der Waals surface area contributed by atoms with Gasteiger partial charge in [0, 0.05) is 19.0 Å². The Morgan fingerprint density at radius 3 is 2.89 bits per heavy atom. The number of benzene rings is 1. The number of hydrogen-bond donors (Lipinski definition) is 2. The van der Waals surface area contributed by atoms with Crippen LogP contribution in [-0.4, -0.2) is 9.97 Å². The minimum atomic E-state index is -0.117. The van der Waals surface area contributed by atoms with Crippen LogP contribution in [0.15, 0.2) is 35.1 Å². The Bertz CT molecular complexity index is 590. The summed E-state index contributed by atoms with van der Waals surface area (Å²) in [5, 5.41) is 3.17. The third-order valence-electron chi connectivity index (χ3n) is 2.68. The van der Waals surface area contributed by atoms with Crippen molar-refractivity contribution in [3.63, 3.8) is 0 Å². The van der Waals surface area contributed by atoms with Gasteiger partial charge in [0.2, 0.25) is 0 Å². The van der Waals surface area contributed by atoms with Crippen LogP contribution >= 0.6 is 0 Å². The van der Waals surface area contributed by atoms with Crippen molar-refractivity contribution in [1.29, 1.82) is 0 Å². The Kier molecular flexibility index (Phi) is 3.77. The number of aromatic nitrogens is 2. The van der Waals surface area contributed by atoms with E-state index < -0.39 is 0 Å². The topological polar surface area (TPSA) is 57.8 Å². The molecule has 0 atom stereocenters. The van der Waals surface area contributed by atoms with Crippen molar-refractivity contribution < 1.29 is 0 Å². The number of H-pyrrole nitrogens is 1. The number of nitrogens with one attached hydrogen (secondary N) is 2. The maximum atomic E-state index is 11.4. The molecule has 1 aromatic heterocycles. The molecule has 1 aromatic carbocycles. The summed E-state index contributed by atoms with van der Waals surface area (Å²) in [6, 6.07) is 9.73. The predicted octanol–water partition coefficient (Wildman–Crippen LogP) is 2.25. The lowest BCUT2D eigenvalue weighted by Gasteiger charge is -2.07. The standard InChI is InChI=1S/C14H17N3O/c1-3-12-16-13(8-14(18)17-12)15-9-11-6-4-5-10(2)7-11/h4-8H,3,9H2,1-2H3,(H2,15,16,17,18). The summed E-state index contributed by atoms with van der Waals surface area (Å²) >= 11 is 0. The van der Waals surface area contributed by atoms with Crippen LogP contribution in [0.2, 0.25) is 0 Å². The number of hydrogen-bond acceptors (Lipinski definition) is 3. The molecule has 0 fully saturated rings.